The molecule has 3 aromatic rings. The second-order valence-corrected chi connectivity index (χ2v) is 10.7. The molecule has 0 amide bonds. The van der Waals surface area contributed by atoms with Crippen LogP contribution in [0.1, 0.15) is 44.9 Å². The first-order valence-electron chi connectivity index (χ1n) is 12.1. The minimum absolute atomic E-state index is 0.283. The summed E-state index contributed by atoms with van der Waals surface area (Å²) in [5, 5.41) is 0. The van der Waals surface area contributed by atoms with Crippen molar-refractivity contribution in [2.45, 2.75) is 39.8 Å². The number of benzene rings is 2. The van der Waals surface area contributed by atoms with Crippen molar-refractivity contribution in [3.05, 3.63) is 83.0 Å². The van der Waals surface area contributed by atoms with E-state index in [0.29, 0.717) is 50.0 Å². The molecule has 1 atom stereocenters. The smallest absolute Gasteiger partial charge is 0.338 e. The van der Waals surface area contributed by atoms with Crippen LogP contribution in [0.15, 0.2) is 61.9 Å². The maximum atomic E-state index is 14.0. The van der Waals surface area contributed by atoms with Crippen molar-refractivity contribution in [2.75, 3.05) is 20.8 Å². The lowest BCUT2D eigenvalue weighted by molar-refractivity contribution is -0.143. The summed E-state index contributed by atoms with van der Waals surface area (Å²) in [5.74, 6) is 1.11. The average Bonchev–Trinajstić information content (AvgIpc) is 3.17. The number of allylic oxidation sites excluding steroid dienone is 1. The number of thiazole rings is 1. The first-order chi connectivity index (χ1) is 18.2. The standard InChI is InChI=1S/C28H29BrN2O6S/c1-7-36-25-17(9-8-10-21(25)35-6)13-22-26(32)31-24(19-14-18(29)11-12-20(19)34-5)23(27(33)37-15(2)3)16(4)30-28(31)38-22/h8-15,24H,7H2,1-6H3/b22-13-/t24-/m0/s1. The maximum Gasteiger partial charge on any atom is 0.338 e. The number of para-hydroxylation sites is 1. The molecule has 38 heavy (non-hydrogen) atoms. The van der Waals surface area contributed by atoms with Gasteiger partial charge in [0.2, 0.25) is 0 Å². The van der Waals surface area contributed by atoms with Crippen LogP contribution in [0.3, 0.4) is 0 Å². The Morgan fingerprint density at radius 1 is 1.18 bits per heavy atom. The number of fused-ring (bicyclic) bond motifs is 1. The Hall–Kier alpha value is -3.37. The van der Waals surface area contributed by atoms with Crippen molar-refractivity contribution in [3.63, 3.8) is 0 Å². The third kappa shape index (κ3) is 5.28. The van der Waals surface area contributed by atoms with Crippen LogP contribution in [0.4, 0.5) is 0 Å². The molecule has 2 aromatic carbocycles. The van der Waals surface area contributed by atoms with Gasteiger partial charge in [0.05, 0.1) is 42.7 Å². The zero-order chi connectivity index (χ0) is 27.6. The predicted octanol–water partition coefficient (Wildman–Crippen LogP) is 4.37. The summed E-state index contributed by atoms with van der Waals surface area (Å²) in [6, 6.07) is 10.2. The zero-order valence-corrected chi connectivity index (χ0v) is 24.4. The van der Waals surface area contributed by atoms with Gasteiger partial charge in [0.15, 0.2) is 16.3 Å². The summed E-state index contributed by atoms with van der Waals surface area (Å²) < 4.78 is 25.3. The number of esters is 1. The number of rotatable bonds is 8. The molecule has 10 heteroatoms. The molecule has 0 aliphatic carbocycles. The van der Waals surface area contributed by atoms with Crippen molar-refractivity contribution < 1.29 is 23.7 Å². The molecule has 2 heterocycles. The second kappa shape index (κ2) is 11.6. The Balaban J connectivity index is 2.01. The van der Waals surface area contributed by atoms with Gasteiger partial charge in [-0.3, -0.25) is 9.36 Å². The van der Waals surface area contributed by atoms with E-state index in [1.165, 1.54) is 15.9 Å². The highest BCUT2D eigenvalue weighted by molar-refractivity contribution is 9.10. The summed E-state index contributed by atoms with van der Waals surface area (Å²) in [6.45, 7) is 7.63. The Morgan fingerprint density at radius 2 is 1.92 bits per heavy atom. The normalized spacial score (nSPS) is 15.3. The van der Waals surface area contributed by atoms with Crippen molar-refractivity contribution >= 4 is 39.3 Å². The molecule has 200 valence electrons. The number of hydrogen-bond donors (Lipinski definition) is 0. The van der Waals surface area contributed by atoms with Crippen LogP contribution in [0.5, 0.6) is 17.2 Å². The van der Waals surface area contributed by atoms with Gasteiger partial charge in [0.25, 0.3) is 5.56 Å². The lowest BCUT2D eigenvalue weighted by atomic mass is 9.95. The molecule has 0 spiro atoms. The molecule has 0 radical (unpaired) electrons. The van der Waals surface area contributed by atoms with Crippen molar-refractivity contribution in [3.8, 4) is 17.2 Å². The third-order valence-corrected chi connectivity index (χ3v) is 7.35. The Kier molecular flexibility index (Phi) is 8.42. The second-order valence-electron chi connectivity index (χ2n) is 8.73. The van der Waals surface area contributed by atoms with Gasteiger partial charge in [0.1, 0.15) is 11.8 Å². The monoisotopic (exact) mass is 600 g/mol. The highest BCUT2D eigenvalue weighted by atomic mass is 79.9. The van der Waals surface area contributed by atoms with E-state index in [1.807, 2.05) is 31.2 Å². The number of hydrogen-bond acceptors (Lipinski definition) is 8. The third-order valence-electron chi connectivity index (χ3n) is 5.88. The summed E-state index contributed by atoms with van der Waals surface area (Å²) >= 11 is 4.76. The van der Waals surface area contributed by atoms with Gasteiger partial charge < -0.3 is 18.9 Å². The van der Waals surface area contributed by atoms with Gasteiger partial charge in [-0.05, 0) is 58.0 Å². The molecule has 4 rings (SSSR count). The van der Waals surface area contributed by atoms with Gasteiger partial charge >= 0.3 is 5.97 Å². The van der Waals surface area contributed by atoms with E-state index in [0.717, 1.165) is 4.47 Å². The molecular weight excluding hydrogens is 572 g/mol. The van der Waals surface area contributed by atoms with Gasteiger partial charge in [-0.25, -0.2) is 9.79 Å². The van der Waals surface area contributed by atoms with Crippen LogP contribution in [-0.2, 0) is 9.53 Å². The minimum Gasteiger partial charge on any atom is -0.496 e. The summed E-state index contributed by atoms with van der Waals surface area (Å²) in [5.41, 5.74) is 1.80. The molecule has 0 saturated carbocycles. The molecule has 8 nitrogen and oxygen atoms in total. The number of aromatic nitrogens is 1. The van der Waals surface area contributed by atoms with E-state index in [2.05, 4.69) is 20.9 Å². The molecule has 1 aromatic heterocycles. The van der Waals surface area contributed by atoms with E-state index >= 15 is 0 Å². The van der Waals surface area contributed by atoms with Crippen LogP contribution in [0, 0.1) is 0 Å². The molecule has 1 aliphatic rings. The van der Waals surface area contributed by atoms with E-state index in [9.17, 15) is 9.59 Å². The fourth-order valence-corrected chi connectivity index (χ4v) is 5.74. The van der Waals surface area contributed by atoms with Crippen LogP contribution in [0.2, 0.25) is 0 Å². The Labute approximate surface area is 233 Å². The minimum atomic E-state index is -0.802. The first kappa shape index (κ1) is 27.7. The lowest BCUT2D eigenvalue weighted by Crippen LogP contribution is -2.40. The molecular formula is C28H29BrN2O6S. The number of methoxy groups -OCH3 is 2. The average molecular weight is 602 g/mol. The first-order valence-corrected chi connectivity index (χ1v) is 13.7. The quantitative estimate of drug-likeness (QED) is 0.357. The Bertz CT molecular complexity index is 1590. The van der Waals surface area contributed by atoms with E-state index in [1.54, 1.807) is 53.2 Å². The molecule has 0 unspecified atom stereocenters. The van der Waals surface area contributed by atoms with Gasteiger partial charge in [0, 0.05) is 15.6 Å². The molecule has 1 aliphatic heterocycles. The summed E-state index contributed by atoms with van der Waals surface area (Å²) in [6.07, 6.45) is 1.42. The predicted molar refractivity (Wildman–Crippen MR) is 150 cm³/mol. The summed E-state index contributed by atoms with van der Waals surface area (Å²) in [4.78, 5) is 32.5. The summed E-state index contributed by atoms with van der Waals surface area (Å²) in [7, 11) is 3.12. The molecule has 0 saturated heterocycles. The SMILES string of the molecule is CCOc1c(/C=c2\sc3n(c2=O)[C@@H](c2cc(Br)ccc2OC)C(C(=O)OC(C)C)=C(C)N=3)cccc1OC. The largest absolute Gasteiger partial charge is 0.496 e. The van der Waals surface area contributed by atoms with E-state index < -0.39 is 12.0 Å². The van der Waals surface area contributed by atoms with Gasteiger partial charge in [-0.2, -0.15) is 0 Å². The number of carbonyl (C=O) groups is 1. The van der Waals surface area contributed by atoms with Crippen LogP contribution >= 0.6 is 27.3 Å². The van der Waals surface area contributed by atoms with E-state index in [4.69, 9.17) is 18.9 Å². The van der Waals surface area contributed by atoms with Gasteiger partial charge in [-0.1, -0.05) is 39.4 Å². The number of carbonyl (C=O) groups excluding carboxylic acids is 1. The zero-order valence-electron chi connectivity index (χ0n) is 22.0. The maximum absolute atomic E-state index is 14.0. The molecule has 0 bridgehead atoms. The molecule has 0 N–H and O–H groups in total. The van der Waals surface area contributed by atoms with E-state index in [-0.39, 0.29) is 17.2 Å². The number of nitrogens with zero attached hydrogens (tertiary/aromatic N) is 2. The highest BCUT2D eigenvalue weighted by Crippen LogP contribution is 2.37. The topological polar surface area (TPSA) is 88.4 Å². The van der Waals surface area contributed by atoms with Crippen LogP contribution < -0.4 is 29.1 Å². The number of ether oxygens (including phenoxy) is 4. The fraction of sp³-hybridized carbons (Fsp3) is 0.321. The van der Waals surface area contributed by atoms with Crippen molar-refractivity contribution in [2.24, 2.45) is 4.99 Å². The van der Waals surface area contributed by atoms with Crippen molar-refractivity contribution in [1.82, 2.24) is 4.57 Å². The fourth-order valence-electron chi connectivity index (χ4n) is 4.32. The van der Waals surface area contributed by atoms with Crippen LogP contribution in [0.25, 0.3) is 6.08 Å². The number of halogens is 1. The Morgan fingerprint density at radius 3 is 2.58 bits per heavy atom. The van der Waals surface area contributed by atoms with Crippen LogP contribution in [-0.4, -0.2) is 37.5 Å². The van der Waals surface area contributed by atoms with Gasteiger partial charge in [-0.15, -0.1) is 0 Å². The lowest BCUT2D eigenvalue weighted by Gasteiger charge is -2.26. The van der Waals surface area contributed by atoms with Crippen molar-refractivity contribution in [1.29, 1.82) is 0 Å². The molecule has 0 fully saturated rings. The highest BCUT2D eigenvalue weighted by Gasteiger charge is 2.35.